The van der Waals surface area contributed by atoms with Gasteiger partial charge in [0, 0.05) is 10.6 Å². The molecule has 0 saturated heterocycles. The Labute approximate surface area is 146 Å². The summed E-state index contributed by atoms with van der Waals surface area (Å²) in [4.78, 5) is 12.5. The zero-order valence-corrected chi connectivity index (χ0v) is 13.9. The molecular formula is C18H14F3NO2S. The molecule has 3 rings (SSSR count). The van der Waals surface area contributed by atoms with Gasteiger partial charge in [-0.3, -0.25) is 0 Å². The highest BCUT2D eigenvalue weighted by atomic mass is 32.2. The van der Waals surface area contributed by atoms with Gasteiger partial charge in [0.1, 0.15) is 0 Å². The molecule has 25 heavy (non-hydrogen) atoms. The van der Waals surface area contributed by atoms with Crippen molar-refractivity contribution in [2.75, 3.05) is 5.32 Å². The summed E-state index contributed by atoms with van der Waals surface area (Å²) >= 11 is 1.10. The lowest BCUT2D eigenvalue weighted by atomic mass is 9.97. The Kier molecular flexibility index (Phi) is 4.51. The second-order valence-corrected chi connectivity index (χ2v) is 6.69. The van der Waals surface area contributed by atoms with E-state index in [2.05, 4.69) is 5.32 Å². The summed E-state index contributed by atoms with van der Waals surface area (Å²) < 4.78 is 40.3. The number of thioether (sulfide) groups is 1. The van der Waals surface area contributed by atoms with Crippen molar-refractivity contribution in [3.05, 3.63) is 70.9 Å². The molecule has 7 heteroatoms. The quantitative estimate of drug-likeness (QED) is 0.756. The van der Waals surface area contributed by atoms with Crippen LogP contribution < -0.4 is 5.32 Å². The third kappa shape index (κ3) is 3.37. The first-order valence-electron chi connectivity index (χ1n) is 7.42. The lowest BCUT2D eigenvalue weighted by molar-refractivity contribution is -0.138. The van der Waals surface area contributed by atoms with E-state index in [9.17, 15) is 23.1 Å². The van der Waals surface area contributed by atoms with Crippen LogP contribution in [0, 0.1) is 0 Å². The first kappa shape index (κ1) is 17.4. The molecular weight excluding hydrogens is 351 g/mol. The van der Waals surface area contributed by atoms with Crippen LogP contribution in [0.3, 0.4) is 0 Å². The van der Waals surface area contributed by atoms with Crippen LogP contribution in [0.25, 0.3) is 0 Å². The average molecular weight is 365 g/mol. The number of anilines is 1. The average Bonchev–Trinajstić information content (AvgIpc) is 2.69. The van der Waals surface area contributed by atoms with Crippen LogP contribution in [0.4, 0.5) is 18.9 Å². The van der Waals surface area contributed by atoms with E-state index in [-0.39, 0.29) is 11.1 Å². The van der Waals surface area contributed by atoms with Gasteiger partial charge >= 0.3 is 12.1 Å². The molecule has 1 atom stereocenters. The van der Waals surface area contributed by atoms with E-state index in [0.29, 0.717) is 16.3 Å². The molecule has 1 aliphatic rings. The van der Waals surface area contributed by atoms with E-state index in [1.54, 1.807) is 31.2 Å². The molecule has 0 spiro atoms. The first-order valence-corrected chi connectivity index (χ1v) is 8.30. The van der Waals surface area contributed by atoms with Crippen molar-refractivity contribution in [2.24, 2.45) is 0 Å². The van der Waals surface area contributed by atoms with Crippen LogP contribution in [0.2, 0.25) is 0 Å². The van der Waals surface area contributed by atoms with Gasteiger partial charge in [0.2, 0.25) is 0 Å². The molecule has 2 aromatic carbocycles. The number of alkyl halides is 3. The van der Waals surface area contributed by atoms with Gasteiger partial charge in [0.15, 0.2) is 0 Å². The molecule has 0 saturated carbocycles. The molecule has 1 unspecified atom stereocenters. The van der Waals surface area contributed by atoms with E-state index in [1.165, 1.54) is 18.2 Å². The van der Waals surface area contributed by atoms with Crippen LogP contribution >= 0.6 is 11.8 Å². The minimum absolute atomic E-state index is 0.0600. The Morgan fingerprint density at radius 3 is 2.44 bits per heavy atom. The SMILES string of the molecule is CC1=C(C(=O)O)C(c2ccccc2C(F)(F)F)Sc2ccccc2N1. The molecule has 0 amide bonds. The molecule has 130 valence electrons. The van der Waals surface area contributed by atoms with Crippen LogP contribution in [0.5, 0.6) is 0 Å². The summed E-state index contributed by atoms with van der Waals surface area (Å²) in [6, 6.07) is 12.2. The van der Waals surface area contributed by atoms with E-state index < -0.39 is 23.0 Å². The maximum atomic E-state index is 13.4. The maximum Gasteiger partial charge on any atom is 0.416 e. The number of halogens is 3. The Balaban J connectivity index is 2.23. The van der Waals surface area contributed by atoms with E-state index in [0.717, 1.165) is 17.8 Å². The van der Waals surface area contributed by atoms with Crippen LogP contribution in [0.1, 0.15) is 23.3 Å². The minimum atomic E-state index is -4.56. The molecule has 0 radical (unpaired) electrons. The Bertz CT molecular complexity index is 861. The monoisotopic (exact) mass is 365 g/mol. The van der Waals surface area contributed by atoms with Crippen LogP contribution in [-0.2, 0) is 11.0 Å². The number of hydrogen-bond donors (Lipinski definition) is 2. The number of nitrogens with one attached hydrogen (secondary N) is 1. The van der Waals surface area contributed by atoms with Gasteiger partial charge in [0.05, 0.1) is 22.1 Å². The van der Waals surface area contributed by atoms with E-state index in [1.807, 2.05) is 0 Å². The maximum absolute atomic E-state index is 13.4. The summed E-state index contributed by atoms with van der Waals surface area (Å²) in [5, 5.41) is 11.7. The third-order valence-corrected chi connectivity index (χ3v) is 5.23. The number of carboxylic acids is 1. The molecule has 2 N–H and O–H groups in total. The van der Waals surface area contributed by atoms with Gasteiger partial charge in [-0.25, -0.2) is 4.79 Å². The molecule has 0 aromatic heterocycles. The smallest absolute Gasteiger partial charge is 0.416 e. The van der Waals surface area contributed by atoms with E-state index in [4.69, 9.17) is 0 Å². The molecule has 1 aliphatic heterocycles. The normalized spacial score (nSPS) is 17.5. The molecule has 0 bridgehead atoms. The van der Waals surface area contributed by atoms with Gasteiger partial charge in [0.25, 0.3) is 0 Å². The van der Waals surface area contributed by atoms with Crippen molar-refractivity contribution < 1.29 is 23.1 Å². The highest BCUT2D eigenvalue weighted by Gasteiger charge is 2.38. The number of carbonyl (C=O) groups is 1. The number of rotatable bonds is 2. The summed E-state index contributed by atoms with van der Waals surface area (Å²) in [5.41, 5.74) is 0.0363. The highest BCUT2D eigenvalue weighted by molar-refractivity contribution is 8.00. The van der Waals surface area contributed by atoms with Crippen molar-refractivity contribution in [3.8, 4) is 0 Å². The molecule has 1 heterocycles. The molecule has 2 aromatic rings. The van der Waals surface area contributed by atoms with Crippen LogP contribution in [0.15, 0.2) is 64.7 Å². The van der Waals surface area contributed by atoms with Crippen molar-refractivity contribution in [1.29, 1.82) is 0 Å². The fourth-order valence-electron chi connectivity index (χ4n) is 2.80. The van der Waals surface area contributed by atoms with Gasteiger partial charge in [-0.05, 0) is 30.7 Å². The lowest BCUT2D eigenvalue weighted by Crippen LogP contribution is -2.17. The standard InChI is InChI=1S/C18H14F3NO2S/c1-10-15(17(23)24)16(25-14-9-5-4-8-13(14)22-10)11-6-2-3-7-12(11)18(19,20)21/h2-9,16,22H,1H3,(H,23,24). The molecule has 0 fully saturated rings. The number of hydrogen-bond acceptors (Lipinski definition) is 3. The Morgan fingerprint density at radius 2 is 1.76 bits per heavy atom. The lowest BCUT2D eigenvalue weighted by Gasteiger charge is -2.21. The van der Waals surface area contributed by atoms with Crippen molar-refractivity contribution in [1.82, 2.24) is 0 Å². The molecule has 0 aliphatic carbocycles. The molecule has 3 nitrogen and oxygen atoms in total. The Hall–Kier alpha value is -2.41. The van der Waals surface area contributed by atoms with Gasteiger partial charge in [-0.1, -0.05) is 30.3 Å². The van der Waals surface area contributed by atoms with Crippen molar-refractivity contribution >= 4 is 23.4 Å². The number of carboxylic acid groups (broad SMARTS) is 1. The minimum Gasteiger partial charge on any atom is -0.478 e. The largest absolute Gasteiger partial charge is 0.478 e. The van der Waals surface area contributed by atoms with Gasteiger partial charge in [-0.2, -0.15) is 13.2 Å². The number of para-hydroxylation sites is 1. The van der Waals surface area contributed by atoms with E-state index >= 15 is 0 Å². The first-order chi connectivity index (χ1) is 11.8. The number of allylic oxidation sites excluding steroid dienone is 1. The third-order valence-electron chi connectivity index (χ3n) is 3.90. The fourth-order valence-corrected chi connectivity index (χ4v) is 4.18. The van der Waals surface area contributed by atoms with Gasteiger partial charge in [-0.15, -0.1) is 11.8 Å². The number of aliphatic carboxylic acids is 1. The van der Waals surface area contributed by atoms with Crippen molar-refractivity contribution in [2.45, 2.75) is 23.2 Å². The number of benzene rings is 2. The summed E-state index contributed by atoms with van der Waals surface area (Å²) in [6.45, 7) is 1.56. The number of fused-ring (bicyclic) bond motifs is 1. The van der Waals surface area contributed by atoms with Crippen LogP contribution in [-0.4, -0.2) is 11.1 Å². The summed E-state index contributed by atoms with van der Waals surface area (Å²) in [7, 11) is 0. The Morgan fingerprint density at radius 1 is 1.12 bits per heavy atom. The predicted octanol–water partition coefficient (Wildman–Crippen LogP) is 5.32. The topological polar surface area (TPSA) is 49.3 Å². The summed E-state index contributed by atoms with van der Waals surface area (Å²) in [6.07, 6.45) is -4.56. The summed E-state index contributed by atoms with van der Waals surface area (Å²) in [5.74, 6) is -1.24. The fraction of sp³-hybridized carbons (Fsp3) is 0.167. The van der Waals surface area contributed by atoms with Crippen molar-refractivity contribution in [3.63, 3.8) is 0 Å². The second kappa shape index (κ2) is 6.48. The second-order valence-electron chi connectivity index (χ2n) is 5.55. The highest BCUT2D eigenvalue weighted by Crippen LogP contribution is 2.49. The zero-order chi connectivity index (χ0) is 18.2. The van der Waals surface area contributed by atoms with Gasteiger partial charge < -0.3 is 10.4 Å². The predicted molar refractivity (Wildman–Crippen MR) is 90.4 cm³/mol. The zero-order valence-electron chi connectivity index (χ0n) is 13.1.